The van der Waals surface area contributed by atoms with E-state index in [1.807, 2.05) is 0 Å². The van der Waals surface area contributed by atoms with Gasteiger partial charge < -0.3 is 14.5 Å². The van der Waals surface area contributed by atoms with Crippen LogP contribution in [0.2, 0.25) is 0 Å². The van der Waals surface area contributed by atoms with Crippen LogP contribution in [0.4, 0.5) is 0 Å². The third-order valence-electron chi connectivity index (χ3n) is 2.08. The maximum atomic E-state index is 11.3. The average molecular weight is 276 g/mol. The second-order valence-corrected chi connectivity index (χ2v) is 3.11. The Hall–Kier alpha value is -0.105. The molecule has 2 aromatic rings. The van der Waals surface area contributed by atoms with Crippen molar-refractivity contribution in [3.05, 3.63) is 38.8 Å². The number of hydrogen-bond donors (Lipinski definition) is 0. The van der Waals surface area contributed by atoms with Crippen molar-refractivity contribution in [2.24, 2.45) is 7.05 Å². The molecule has 15 heavy (non-hydrogen) atoms. The molecular weight excluding hydrogens is 268 g/mol. The van der Waals surface area contributed by atoms with Crippen molar-refractivity contribution < 1.29 is 58.2 Å². The molecule has 0 saturated carbocycles. The minimum absolute atomic E-state index is 0. The first-order valence-electron chi connectivity index (χ1n) is 4.10. The second-order valence-electron chi connectivity index (χ2n) is 3.11. The van der Waals surface area contributed by atoms with Gasteiger partial charge in [0.25, 0.3) is 5.56 Å². The van der Waals surface area contributed by atoms with Gasteiger partial charge in [-0.3, -0.25) is 9.59 Å². The molecule has 0 saturated heterocycles. The molecule has 2 rings (SSSR count). The molecule has 6 heteroatoms. The van der Waals surface area contributed by atoms with Crippen molar-refractivity contribution in [1.29, 1.82) is 0 Å². The zero-order chi connectivity index (χ0) is 10.3. The van der Waals surface area contributed by atoms with Gasteiger partial charge in [-0.15, -0.1) is 0 Å². The summed E-state index contributed by atoms with van der Waals surface area (Å²) < 4.78 is 1.43. The number of rotatable bonds is 0. The molecule has 72 valence electrons. The van der Waals surface area contributed by atoms with Crippen molar-refractivity contribution in [3.63, 3.8) is 0 Å². The minimum atomic E-state index is -0.553. The summed E-state index contributed by atoms with van der Waals surface area (Å²) in [6, 6.07) is 1.34. The summed E-state index contributed by atoms with van der Waals surface area (Å²) in [6.07, 6.45) is 1.63. The van der Waals surface area contributed by atoms with E-state index in [0.717, 1.165) is 5.39 Å². The fourth-order valence-corrected chi connectivity index (χ4v) is 1.32. The molecular formula is C9H8N3O2Rb. The molecule has 0 fully saturated rings. The van der Waals surface area contributed by atoms with E-state index < -0.39 is 5.69 Å². The predicted octanol–water partition coefficient (Wildman–Crippen LogP) is -3.44. The van der Waals surface area contributed by atoms with Gasteiger partial charge in [-0.05, 0) is 17.8 Å². The zero-order valence-electron chi connectivity index (χ0n) is 8.81. The number of aryl methyl sites for hydroxylation is 2. The van der Waals surface area contributed by atoms with Crippen LogP contribution in [0.1, 0.15) is 5.69 Å². The number of pyridine rings is 1. The number of hydrogen-bond acceptors (Lipinski definition) is 3. The van der Waals surface area contributed by atoms with E-state index in [1.165, 1.54) is 10.6 Å². The molecule has 2 heterocycles. The molecule has 0 unspecified atom stereocenters. The first-order chi connectivity index (χ1) is 6.58. The Balaban J connectivity index is 0.00000112. The first-order valence-corrected chi connectivity index (χ1v) is 4.10. The van der Waals surface area contributed by atoms with Gasteiger partial charge in [-0.25, -0.2) is 0 Å². The Morgan fingerprint density at radius 1 is 1.40 bits per heavy atom. The van der Waals surface area contributed by atoms with E-state index in [2.05, 4.69) is 9.97 Å². The smallest absolute Gasteiger partial charge is 0.404 e. The Bertz CT molecular complexity index is 615. The van der Waals surface area contributed by atoms with Crippen LogP contribution in [0, 0.1) is 6.92 Å². The van der Waals surface area contributed by atoms with Gasteiger partial charge in [0.05, 0.1) is 0 Å². The molecule has 0 spiro atoms. The summed E-state index contributed by atoms with van der Waals surface area (Å²) >= 11 is 0. The summed E-state index contributed by atoms with van der Waals surface area (Å²) in [5.41, 5.74) is 0.263. The number of aromatic nitrogens is 3. The molecule has 0 radical (unpaired) electrons. The Morgan fingerprint density at radius 2 is 2.07 bits per heavy atom. The zero-order valence-corrected chi connectivity index (χ0v) is 13.7. The third kappa shape index (κ3) is 2.53. The predicted molar refractivity (Wildman–Crippen MR) is 51.3 cm³/mol. The summed E-state index contributed by atoms with van der Waals surface area (Å²) in [7, 11) is 1.65. The van der Waals surface area contributed by atoms with Gasteiger partial charge in [0, 0.05) is 19.3 Å². The van der Waals surface area contributed by atoms with Gasteiger partial charge in [0.15, 0.2) is 5.69 Å². The van der Waals surface area contributed by atoms with Crippen molar-refractivity contribution in [2.75, 3.05) is 0 Å². The monoisotopic (exact) mass is 275 g/mol. The van der Waals surface area contributed by atoms with Crippen LogP contribution < -0.4 is 74.4 Å². The third-order valence-corrected chi connectivity index (χ3v) is 2.08. The Kier molecular flexibility index (Phi) is 4.16. The average Bonchev–Trinajstić information content (AvgIpc) is 2.08. The van der Waals surface area contributed by atoms with E-state index in [9.17, 15) is 9.59 Å². The van der Waals surface area contributed by atoms with Crippen LogP contribution in [0.25, 0.3) is 10.9 Å². The van der Waals surface area contributed by atoms with Gasteiger partial charge >= 0.3 is 58.2 Å². The van der Waals surface area contributed by atoms with Crippen molar-refractivity contribution >= 4 is 10.9 Å². The topological polar surface area (TPSA) is 66.1 Å². The van der Waals surface area contributed by atoms with Gasteiger partial charge in [0.1, 0.15) is 0 Å². The standard InChI is InChI=1S/C9H9N3O2.Rb/c1-5-6-4-12(2)8(13)3-7(6)11-9(14)10-5;/h3-4H,1-2H3,(H,11,13,14);/q;+1/p-1. The molecule has 0 bridgehead atoms. The molecule has 0 N–H and O–H groups in total. The molecule has 0 aromatic carbocycles. The van der Waals surface area contributed by atoms with Crippen LogP contribution in [0.3, 0.4) is 0 Å². The van der Waals surface area contributed by atoms with Crippen LogP contribution in [0.5, 0.6) is 0 Å². The van der Waals surface area contributed by atoms with Gasteiger partial charge in [-0.1, -0.05) is 5.69 Å². The number of nitrogens with zero attached hydrogens (tertiary/aromatic N) is 3. The quantitative estimate of drug-likeness (QED) is 0.502. The normalized spacial score (nSPS) is 10.0. The number of fused-ring (bicyclic) bond motifs is 1. The molecule has 0 atom stereocenters. The Labute approximate surface area is 134 Å². The molecule has 0 amide bonds. The van der Waals surface area contributed by atoms with Gasteiger partial charge in [-0.2, -0.15) is 0 Å². The summed E-state index contributed by atoms with van der Waals surface area (Å²) in [5, 5.41) is 0.728. The molecule has 2 aromatic heterocycles. The molecule has 0 aliphatic heterocycles. The largest absolute Gasteiger partial charge is 1.00 e. The SMILES string of the molecule is Cc1nc(=O)[n-]c2cc(=O)n(C)cc12.[Rb+]. The fourth-order valence-electron chi connectivity index (χ4n) is 1.32. The second kappa shape index (κ2) is 4.82. The van der Waals surface area contributed by atoms with Crippen LogP contribution in [-0.2, 0) is 7.05 Å². The first kappa shape index (κ1) is 13.0. The van der Waals surface area contributed by atoms with Gasteiger partial charge in [0.2, 0.25) is 0 Å². The van der Waals surface area contributed by atoms with E-state index in [-0.39, 0.29) is 63.7 Å². The molecule has 0 aliphatic carbocycles. The van der Waals surface area contributed by atoms with Crippen LogP contribution >= 0.6 is 0 Å². The summed E-state index contributed by atoms with van der Waals surface area (Å²) in [6.45, 7) is 1.72. The van der Waals surface area contributed by atoms with Crippen molar-refractivity contribution in [2.45, 2.75) is 6.92 Å². The summed E-state index contributed by atoms with van der Waals surface area (Å²) in [5.74, 6) is 0. The van der Waals surface area contributed by atoms with E-state index >= 15 is 0 Å². The van der Waals surface area contributed by atoms with Crippen molar-refractivity contribution in [1.82, 2.24) is 14.5 Å². The van der Waals surface area contributed by atoms with E-state index in [1.54, 1.807) is 20.2 Å². The molecule has 0 aliphatic rings. The maximum absolute atomic E-state index is 11.3. The Morgan fingerprint density at radius 3 is 2.73 bits per heavy atom. The van der Waals surface area contributed by atoms with Crippen molar-refractivity contribution in [3.8, 4) is 0 Å². The summed E-state index contributed by atoms with van der Waals surface area (Å²) in [4.78, 5) is 29.6. The van der Waals surface area contributed by atoms with Crippen LogP contribution in [-0.4, -0.2) is 9.55 Å². The van der Waals surface area contributed by atoms with Crippen LogP contribution in [0.15, 0.2) is 21.9 Å². The van der Waals surface area contributed by atoms with E-state index in [0.29, 0.717) is 11.2 Å². The van der Waals surface area contributed by atoms with E-state index in [4.69, 9.17) is 0 Å². The minimum Gasteiger partial charge on any atom is -0.404 e. The fraction of sp³-hybridized carbons (Fsp3) is 0.222. The molecule has 5 nitrogen and oxygen atoms in total. The maximum Gasteiger partial charge on any atom is 1.00 e.